The van der Waals surface area contributed by atoms with Crippen LogP contribution in [-0.4, -0.2) is 61.7 Å². The fourth-order valence-corrected chi connectivity index (χ4v) is 2.69. The van der Waals surface area contributed by atoms with Gasteiger partial charge in [-0.1, -0.05) is 13.8 Å². The highest BCUT2D eigenvalue weighted by atomic mass is 32.2. The molecule has 2 N–H and O–H groups in total. The van der Waals surface area contributed by atoms with Crippen LogP contribution >= 0.6 is 11.8 Å². The summed E-state index contributed by atoms with van der Waals surface area (Å²) in [6, 6.07) is 0. The van der Waals surface area contributed by atoms with Crippen molar-refractivity contribution in [2.75, 3.05) is 45.8 Å². The van der Waals surface area contributed by atoms with Crippen LogP contribution in [0.4, 0.5) is 0 Å². The highest BCUT2D eigenvalue weighted by molar-refractivity contribution is 8.00. The molecule has 0 aliphatic rings. The standard InChI is InChI=1S/C14H31NO3S/c1-5-14(6-2,19-4)12-15-10-13(16)11-18-9-8-17-7-3/h13,15-16H,5-12H2,1-4H3. The van der Waals surface area contributed by atoms with E-state index < -0.39 is 6.10 Å². The van der Waals surface area contributed by atoms with Gasteiger partial charge in [0.15, 0.2) is 0 Å². The van der Waals surface area contributed by atoms with E-state index in [1.807, 2.05) is 18.7 Å². The maximum absolute atomic E-state index is 9.79. The summed E-state index contributed by atoms with van der Waals surface area (Å²) in [7, 11) is 0. The smallest absolute Gasteiger partial charge is 0.0897 e. The first-order valence-electron chi connectivity index (χ1n) is 7.23. The quantitative estimate of drug-likeness (QED) is 0.508. The molecule has 5 heteroatoms. The fraction of sp³-hybridized carbons (Fsp3) is 1.00. The van der Waals surface area contributed by atoms with E-state index >= 15 is 0 Å². The van der Waals surface area contributed by atoms with Crippen LogP contribution in [0.3, 0.4) is 0 Å². The second-order valence-corrected chi connectivity index (χ2v) is 5.93. The van der Waals surface area contributed by atoms with Crippen LogP contribution in [0, 0.1) is 0 Å². The zero-order valence-electron chi connectivity index (χ0n) is 12.9. The molecule has 1 atom stereocenters. The van der Waals surface area contributed by atoms with Crippen LogP contribution in [0.25, 0.3) is 0 Å². The third-order valence-electron chi connectivity index (χ3n) is 3.44. The van der Waals surface area contributed by atoms with E-state index in [0.717, 1.165) is 19.4 Å². The normalized spacial score (nSPS) is 13.7. The Hall–Kier alpha value is 0.190. The van der Waals surface area contributed by atoms with Gasteiger partial charge in [0.05, 0.1) is 25.9 Å². The molecule has 0 amide bonds. The molecule has 0 saturated carbocycles. The minimum Gasteiger partial charge on any atom is -0.389 e. The van der Waals surface area contributed by atoms with Gasteiger partial charge in [0.2, 0.25) is 0 Å². The molecule has 0 rings (SSSR count). The monoisotopic (exact) mass is 293 g/mol. The predicted octanol–water partition coefficient (Wildman–Crippen LogP) is 1.91. The number of hydrogen-bond acceptors (Lipinski definition) is 5. The fourth-order valence-electron chi connectivity index (χ4n) is 1.87. The maximum Gasteiger partial charge on any atom is 0.0897 e. The van der Waals surface area contributed by atoms with E-state index in [4.69, 9.17) is 9.47 Å². The summed E-state index contributed by atoms with van der Waals surface area (Å²) in [6.07, 6.45) is 3.98. The van der Waals surface area contributed by atoms with Crippen LogP contribution in [0.2, 0.25) is 0 Å². The van der Waals surface area contributed by atoms with E-state index in [0.29, 0.717) is 33.0 Å². The first kappa shape index (κ1) is 19.2. The number of hydrogen-bond donors (Lipinski definition) is 2. The minimum atomic E-state index is -0.449. The highest BCUT2D eigenvalue weighted by Gasteiger charge is 2.24. The Balaban J connectivity index is 3.64. The Labute approximate surface area is 122 Å². The molecule has 0 aliphatic heterocycles. The first-order valence-corrected chi connectivity index (χ1v) is 8.46. The number of aliphatic hydroxyl groups excluding tert-OH is 1. The molecule has 1 unspecified atom stereocenters. The molecule has 0 aromatic rings. The van der Waals surface area contributed by atoms with Gasteiger partial charge in [0.25, 0.3) is 0 Å². The summed E-state index contributed by atoms with van der Waals surface area (Å²) in [5.41, 5.74) is 0. The van der Waals surface area contributed by atoms with E-state index in [1.165, 1.54) is 0 Å². The number of aliphatic hydroxyl groups is 1. The molecule has 0 fully saturated rings. The lowest BCUT2D eigenvalue weighted by Gasteiger charge is -2.30. The summed E-state index contributed by atoms with van der Waals surface area (Å²) >= 11 is 1.90. The molecule has 0 aromatic carbocycles. The summed E-state index contributed by atoms with van der Waals surface area (Å²) in [4.78, 5) is 0. The van der Waals surface area contributed by atoms with Gasteiger partial charge in [-0.3, -0.25) is 0 Å². The Morgan fingerprint density at radius 3 is 2.32 bits per heavy atom. The van der Waals surface area contributed by atoms with Crippen molar-refractivity contribution in [3.8, 4) is 0 Å². The van der Waals surface area contributed by atoms with Gasteiger partial charge in [0.1, 0.15) is 0 Å². The van der Waals surface area contributed by atoms with Crippen LogP contribution < -0.4 is 5.32 Å². The molecule has 19 heavy (non-hydrogen) atoms. The van der Waals surface area contributed by atoms with Gasteiger partial charge in [0, 0.05) is 24.4 Å². The molecular formula is C14H31NO3S. The Morgan fingerprint density at radius 1 is 1.16 bits per heavy atom. The van der Waals surface area contributed by atoms with Crippen molar-refractivity contribution in [3.63, 3.8) is 0 Å². The summed E-state index contributed by atoms with van der Waals surface area (Å²) < 4.78 is 10.8. The molecule has 0 heterocycles. The van der Waals surface area contributed by atoms with Crippen molar-refractivity contribution in [2.24, 2.45) is 0 Å². The largest absolute Gasteiger partial charge is 0.389 e. The van der Waals surface area contributed by atoms with Crippen molar-refractivity contribution in [3.05, 3.63) is 0 Å². The molecule has 0 aromatic heterocycles. The average molecular weight is 293 g/mol. The Bertz CT molecular complexity index is 193. The zero-order chi connectivity index (χ0) is 14.6. The molecule has 0 radical (unpaired) electrons. The lowest BCUT2D eigenvalue weighted by molar-refractivity contribution is 0.00639. The topological polar surface area (TPSA) is 50.7 Å². The van der Waals surface area contributed by atoms with Crippen molar-refractivity contribution >= 4 is 11.8 Å². The molecule has 0 saturated heterocycles. The Morgan fingerprint density at radius 2 is 1.79 bits per heavy atom. The van der Waals surface area contributed by atoms with Gasteiger partial charge in [-0.2, -0.15) is 11.8 Å². The summed E-state index contributed by atoms with van der Waals surface area (Å²) in [5, 5.41) is 13.1. The van der Waals surface area contributed by atoms with Crippen molar-refractivity contribution in [2.45, 2.75) is 44.5 Å². The molecule has 0 aliphatic carbocycles. The van der Waals surface area contributed by atoms with Crippen molar-refractivity contribution in [1.29, 1.82) is 0 Å². The van der Waals surface area contributed by atoms with Crippen LogP contribution in [0.15, 0.2) is 0 Å². The van der Waals surface area contributed by atoms with Gasteiger partial charge in [-0.05, 0) is 26.0 Å². The molecular weight excluding hydrogens is 262 g/mol. The third-order valence-corrected chi connectivity index (χ3v) is 5.02. The van der Waals surface area contributed by atoms with E-state index in [-0.39, 0.29) is 4.75 Å². The number of rotatable bonds is 13. The number of nitrogens with one attached hydrogen (secondary N) is 1. The average Bonchev–Trinajstić information content (AvgIpc) is 2.44. The van der Waals surface area contributed by atoms with Crippen LogP contribution in [0.5, 0.6) is 0 Å². The number of ether oxygens (including phenoxy) is 2. The molecule has 0 bridgehead atoms. The van der Waals surface area contributed by atoms with Gasteiger partial charge >= 0.3 is 0 Å². The van der Waals surface area contributed by atoms with Crippen LogP contribution in [-0.2, 0) is 9.47 Å². The van der Waals surface area contributed by atoms with Gasteiger partial charge in [-0.25, -0.2) is 0 Å². The van der Waals surface area contributed by atoms with Crippen molar-refractivity contribution in [1.82, 2.24) is 5.32 Å². The SMILES string of the molecule is CCOCCOCC(O)CNCC(CC)(CC)SC. The minimum absolute atomic E-state index is 0.287. The first-order chi connectivity index (χ1) is 9.14. The zero-order valence-corrected chi connectivity index (χ0v) is 13.7. The van der Waals surface area contributed by atoms with E-state index in [2.05, 4.69) is 25.4 Å². The van der Waals surface area contributed by atoms with Crippen LogP contribution in [0.1, 0.15) is 33.6 Å². The van der Waals surface area contributed by atoms with Gasteiger partial charge < -0.3 is 19.9 Å². The summed E-state index contributed by atoms with van der Waals surface area (Å²) in [6.45, 7) is 10.1. The summed E-state index contributed by atoms with van der Waals surface area (Å²) in [5.74, 6) is 0. The van der Waals surface area contributed by atoms with Crippen molar-refractivity contribution < 1.29 is 14.6 Å². The second-order valence-electron chi connectivity index (χ2n) is 4.65. The predicted molar refractivity (Wildman–Crippen MR) is 83.0 cm³/mol. The van der Waals surface area contributed by atoms with E-state index in [9.17, 15) is 5.11 Å². The van der Waals surface area contributed by atoms with E-state index in [1.54, 1.807) is 0 Å². The Kier molecular flexibility index (Phi) is 12.1. The van der Waals surface area contributed by atoms with Gasteiger partial charge in [-0.15, -0.1) is 0 Å². The lowest BCUT2D eigenvalue weighted by Crippen LogP contribution is -2.40. The molecule has 0 spiro atoms. The second kappa shape index (κ2) is 12.0. The number of thioether (sulfide) groups is 1. The molecule has 116 valence electrons. The lowest BCUT2D eigenvalue weighted by atomic mass is 10.0. The third kappa shape index (κ3) is 8.87. The highest BCUT2D eigenvalue weighted by Crippen LogP contribution is 2.29. The molecule has 4 nitrogen and oxygen atoms in total. The maximum atomic E-state index is 9.79.